The van der Waals surface area contributed by atoms with Gasteiger partial charge in [0.05, 0.1) is 12.9 Å². The number of hydrogen-bond acceptors (Lipinski definition) is 10. The lowest BCUT2D eigenvalue weighted by Crippen LogP contribution is -2.38. The van der Waals surface area contributed by atoms with Crippen LogP contribution in [-0.2, 0) is 37.4 Å². The van der Waals surface area contributed by atoms with Crippen LogP contribution >= 0.6 is 22.9 Å². The maximum absolute atomic E-state index is 12.8. The van der Waals surface area contributed by atoms with Gasteiger partial charge in [-0.15, -0.1) is 11.3 Å². The quantitative estimate of drug-likeness (QED) is 0.228. The minimum Gasteiger partial charge on any atom is -0.468 e. The molecule has 2 heterocycles. The molecule has 4 rings (SSSR count). The summed E-state index contributed by atoms with van der Waals surface area (Å²) in [5.74, 6) is -1.58. The number of fused-ring (bicyclic) bond motifs is 1. The molecule has 1 N–H and O–H groups in total. The highest BCUT2D eigenvalue weighted by molar-refractivity contribution is 7.85. The molecule has 13 heteroatoms. The Morgan fingerprint density at radius 2 is 1.75 bits per heavy atom. The fourth-order valence-electron chi connectivity index (χ4n) is 3.90. The maximum atomic E-state index is 12.8. The number of nitrogens with zero attached hydrogens (tertiary/aromatic N) is 1. The molecular weight excluding hydrogens is 582 g/mol. The zero-order valence-corrected chi connectivity index (χ0v) is 24.3. The Balaban J connectivity index is 0.000000663. The summed E-state index contributed by atoms with van der Waals surface area (Å²) in [6.45, 7) is 3.72. The van der Waals surface area contributed by atoms with Crippen molar-refractivity contribution >= 4 is 51.0 Å². The first-order valence-electron chi connectivity index (χ1n) is 12.1. The van der Waals surface area contributed by atoms with Crippen LogP contribution in [0.4, 0.5) is 0 Å². The van der Waals surface area contributed by atoms with Crippen molar-refractivity contribution in [2.24, 2.45) is 0 Å². The highest BCUT2D eigenvalue weighted by Gasteiger charge is 2.33. The van der Waals surface area contributed by atoms with E-state index in [2.05, 4.69) is 0 Å². The molecule has 214 valence electrons. The molecule has 2 aromatic carbocycles. The van der Waals surface area contributed by atoms with Gasteiger partial charge in [0.2, 0.25) is 0 Å². The van der Waals surface area contributed by atoms with E-state index >= 15 is 0 Å². The van der Waals surface area contributed by atoms with Crippen molar-refractivity contribution in [1.82, 2.24) is 4.90 Å². The summed E-state index contributed by atoms with van der Waals surface area (Å²) in [4.78, 5) is 39.8. The Kier molecular flexibility index (Phi) is 10.8. The van der Waals surface area contributed by atoms with Gasteiger partial charge in [0.1, 0.15) is 17.4 Å². The second-order valence-corrected chi connectivity index (χ2v) is 11.8. The molecule has 0 amide bonds. The van der Waals surface area contributed by atoms with Crippen LogP contribution in [0.3, 0.4) is 0 Å². The van der Waals surface area contributed by atoms with E-state index in [0.717, 1.165) is 10.4 Å². The highest BCUT2D eigenvalue weighted by Crippen LogP contribution is 2.38. The van der Waals surface area contributed by atoms with E-state index in [0.29, 0.717) is 35.2 Å². The molecule has 0 saturated heterocycles. The zero-order chi connectivity index (χ0) is 29.4. The lowest BCUT2D eigenvalue weighted by atomic mass is 10.0. The van der Waals surface area contributed by atoms with Crippen LogP contribution in [0.25, 0.3) is 0 Å². The first kappa shape index (κ1) is 31.2. The molecule has 3 aromatic rings. The van der Waals surface area contributed by atoms with Crippen LogP contribution in [0.1, 0.15) is 46.3 Å². The number of thiophene rings is 1. The summed E-state index contributed by atoms with van der Waals surface area (Å²) in [5.41, 5.74) is 1.81. The van der Waals surface area contributed by atoms with Crippen molar-refractivity contribution in [3.8, 4) is 10.8 Å². The van der Waals surface area contributed by atoms with Crippen LogP contribution in [0, 0.1) is 0 Å². The lowest BCUT2D eigenvalue weighted by Gasteiger charge is -2.33. The predicted octanol–water partition coefficient (Wildman–Crippen LogP) is 4.71. The van der Waals surface area contributed by atoms with Gasteiger partial charge in [0.25, 0.3) is 10.1 Å². The summed E-state index contributed by atoms with van der Waals surface area (Å²) >= 11 is 7.77. The van der Waals surface area contributed by atoms with E-state index in [1.807, 2.05) is 23.1 Å². The number of carbonyl (C=O) groups excluding carboxylic acids is 3. The summed E-state index contributed by atoms with van der Waals surface area (Å²) in [7, 11) is -2.30. The Labute approximate surface area is 241 Å². The maximum Gasteiger partial charge on any atom is 0.348 e. The molecule has 1 unspecified atom stereocenters. The molecule has 0 aliphatic carbocycles. The number of hydrogen-bond donors (Lipinski definition) is 1. The molecule has 0 saturated carbocycles. The molecule has 1 aliphatic rings. The highest BCUT2D eigenvalue weighted by atomic mass is 35.5. The average molecular weight is 610 g/mol. The normalized spacial score (nSPS) is 13.7. The first-order chi connectivity index (χ1) is 18.9. The number of carbonyl (C=O) groups is 3. The zero-order valence-electron chi connectivity index (χ0n) is 22.0. The minimum atomic E-state index is -3.66. The van der Waals surface area contributed by atoms with Gasteiger partial charge in [0.15, 0.2) is 5.06 Å². The Morgan fingerprint density at radius 1 is 1.10 bits per heavy atom. The van der Waals surface area contributed by atoms with E-state index < -0.39 is 28.1 Å². The Bertz CT molecular complexity index is 1490. The van der Waals surface area contributed by atoms with Crippen molar-refractivity contribution in [3.05, 3.63) is 81.2 Å². The van der Waals surface area contributed by atoms with Crippen LogP contribution in [0.5, 0.6) is 10.8 Å². The molecule has 0 spiro atoms. The third-order valence-corrected chi connectivity index (χ3v) is 7.97. The topological polar surface area (TPSA) is 137 Å². The van der Waals surface area contributed by atoms with Gasteiger partial charge in [0, 0.05) is 29.9 Å². The van der Waals surface area contributed by atoms with Gasteiger partial charge in [-0.05, 0) is 48.7 Å². The third-order valence-electron chi connectivity index (χ3n) is 5.78. The van der Waals surface area contributed by atoms with Crippen molar-refractivity contribution in [1.29, 1.82) is 0 Å². The molecule has 1 aliphatic heterocycles. The van der Waals surface area contributed by atoms with Crippen molar-refractivity contribution in [2.45, 2.75) is 32.9 Å². The molecule has 0 bridgehead atoms. The van der Waals surface area contributed by atoms with Crippen molar-refractivity contribution < 1.29 is 41.6 Å². The predicted molar refractivity (Wildman–Crippen MR) is 149 cm³/mol. The van der Waals surface area contributed by atoms with Crippen LogP contribution in [-0.4, -0.2) is 55.2 Å². The smallest absolute Gasteiger partial charge is 0.348 e. The van der Waals surface area contributed by atoms with Gasteiger partial charge in [-0.2, -0.15) is 8.42 Å². The van der Waals surface area contributed by atoms with Gasteiger partial charge in [-0.3, -0.25) is 14.2 Å². The number of para-hydroxylation sites is 1. The Hall–Kier alpha value is -3.29. The second-order valence-electron chi connectivity index (χ2n) is 8.53. The van der Waals surface area contributed by atoms with Crippen molar-refractivity contribution in [2.75, 3.05) is 19.4 Å². The fourth-order valence-corrected chi connectivity index (χ4v) is 5.15. The standard InChI is InChI=1S/C25H22ClNO6S.C2H6O3S/c1-15(28)32-20-10-6-4-8-18(20)24(29)33-22-13-16-14-27(12-11-21(16)34-22)23(25(30)31-2)17-7-3-5-9-19(17)26;1-2-6(3,4)5/h3-10,13,23H,11-12,14H2,1-2H3;2H2,1H3,(H,3,4,5). The van der Waals surface area contributed by atoms with Gasteiger partial charge in [-0.1, -0.05) is 41.9 Å². The molecule has 0 fully saturated rings. The Morgan fingerprint density at radius 3 is 2.38 bits per heavy atom. The number of esters is 3. The summed E-state index contributed by atoms with van der Waals surface area (Å²) in [6, 6.07) is 14.8. The van der Waals surface area contributed by atoms with Gasteiger partial charge >= 0.3 is 17.9 Å². The molecule has 10 nitrogen and oxygen atoms in total. The summed E-state index contributed by atoms with van der Waals surface area (Å²) in [5, 5.41) is 0.928. The van der Waals surface area contributed by atoms with E-state index in [9.17, 15) is 22.8 Å². The number of rotatable bonds is 7. The van der Waals surface area contributed by atoms with Crippen molar-refractivity contribution in [3.63, 3.8) is 0 Å². The number of halogens is 1. The molecule has 1 aromatic heterocycles. The molecule has 0 radical (unpaired) electrons. The van der Waals surface area contributed by atoms with Gasteiger partial charge in [-0.25, -0.2) is 9.59 Å². The van der Waals surface area contributed by atoms with E-state index in [1.54, 1.807) is 30.3 Å². The average Bonchev–Trinajstić information content (AvgIpc) is 3.31. The number of methoxy groups -OCH3 is 1. The van der Waals surface area contributed by atoms with Gasteiger partial charge < -0.3 is 14.2 Å². The fraction of sp³-hybridized carbons (Fsp3) is 0.296. The van der Waals surface area contributed by atoms with E-state index in [4.69, 9.17) is 30.4 Å². The van der Waals surface area contributed by atoms with Crippen LogP contribution < -0.4 is 9.47 Å². The largest absolute Gasteiger partial charge is 0.468 e. The van der Waals surface area contributed by atoms with E-state index in [1.165, 1.54) is 38.4 Å². The molecular formula is C27H28ClNO9S2. The third kappa shape index (κ3) is 8.35. The minimum absolute atomic E-state index is 0.146. The van der Waals surface area contributed by atoms with E-state index in [-0.39, 0.29) is 23.0 Å². The lowest BCUT2D eigenvalue weighted by molar-refractivity contribution is -0.147. The molecule has 1 atom stereocenters. The SMILES string of the molecule is CCS(=O)(=O)O.COC(=O)C(c1ccccc1Cl)N1CCc2sc(OC(=O)c3ccccc3OC(C)=O)cc2C1. The second kappa shape index (κ2) is 13.9. The number of ether oxygens (including phenoxy) is 3. The number of benzene rings is 2. The van der Waals surface area contributed by atoms with Crippen LogP contribution in [0.2, 0.25) is 5.02 Å². The monoisotopic (exact) mass is 609 g/mol. The first-order valence-corrected chi connectivity index (χ1v) is 14.9. The van der Waals surface area contributed by atoms with Crippen LogP contribution in [0.15, 0.2) is 54.6 Å². The summed E-state index contributed by atoms with van der Waals surface area (Å²) in [6.07, 6.45) is 0.680. The molecule has 40 heavy (non-hydrogen) atoms. The summed E-state index contributed by atoms with van der Waals surface area (Å²) < 4.78 is 42.7.